The summed E-state index contributed by atoms with van der Waals surface area (Å²) in [5, 5.41) is 21.0. The minimum absolute atomic E-state index is 0.0397. The van der Waals surface area contributed by atoms with Crippen LogP contribution in [0, 0.1) is 6.92 Å². The number of benzene rings is 2. The Hall–Kier alpha value is -4.23. The molecule has 0 fully saturated rings. The number of hydrogen-bond donors (Lipinski definition) is 1. The van der Waals surface area contributed by atoms with Crippen molar-refractivity contribution in [3.05, 3.63) is 75.8 Å². The van der Waals surface area contributed by atoms with Crippen molar-refractivity contribution in [2.45, 2.75) is 71.4 Å². The number of thiophene rings is 1. The minimum Gasteiger partial charge on any atom is -0.493 e. The van der Waals surface area contributed by atoms with Gasteiger partial charge in [0.15, 0.2) is 0 Å². The van der Waals surface area contributed by atoms with Crippen molar-refractivity contribution in [2.24, 2.45) is 0 Å². The van der Waals surface area contributed by atoms with Crippen LogP contribution in [0.4, 0.5) is 13.2 Å². The van der Waals surface area contributed by atoms with E-state index in [2.05, 4.69) is 39.3 Å². The number of aromatic nitrogens is 4. The average molecular weight is 654 g/mol. The molecule has 13 heteroatoms. The Kier molecular flexibility index (Phi) is 8.88. The van der Waals surface area contributed by atoms with Crippen LogP contribution in [0.3, 0.4) is 0 Å². The van der Waals surface area contributed by atoms with E-state index in [0.29, 0.717) is 42.2 Å². The fourth-order valence-electron chi connectivity index (χ4n) is 6.19. The monoisotopic (exact) mass is 653 g/mol. The maximum Gasteiger partial charge on any atom is 0.408 e. The van der Waals surface area contributed by atoms with Crippen molar-refractivity contribution < 1.29 is 32.5 Å². The molecule has 3 aromatic heterocycles. The normalized spacial score (nSPS) is 16.3. The molecule has 2 atom stereocenters. The van der Waals surface area contributed by atoms with Crippen LogP contribution in [0.2, 0.25) is 0 Å². The van der Waals surface area contributed by atoms with Crippen LogP contribution in [0.15, 0.2) is 47.8 Å². The predicted molar refractivity (Wildman–Crippen MR) is 168 cm³/mol. The molecule has 4 heterocycles. The fourth-order valence-corrected chi connectivity index (χ4v) is 7.08. The highest BCUT2D eigenvalue weighted by Crippen LogP contribution is 2.38. The van der Waals surface area contributed by atoms with Gasteiger partial charge in [-0.2, -0.15) is 13.2 Å². The molecule has 1 N–H and O–H groups in total. The van der Waals surface area contributed by atoms with Gasteiger partial charge < -0.3 is 14.6 Å². The lowest BCUT2D eigenvalue weighted by Crippen LogP contribution is -2.32. The number of carbonyl (C=O) groups excluding carboxylic acids is 1. The highest BCUT2D eigenvalue weighted by molar-refractivity contribution is 7.17. The molecule has 0 aliphatic carbocycles. The Labute approximate surface area is 267 Å². The zero-order valence-corrected chi connectivity index (χ0v) is 26.5. The van der Waals surface area contributed by atoms with E-state index in [1.807, 2.05) is 11.4 Å². The van der Waals surface area contributed by atoms with E-state index in [1.54, 1.807) is 43.4 Å². The minimum atomic E-state index is -4.44. The first-order valence-corrected chi connectivity index (χ1v) is 16.0. The van der Waals surface area contributed by atoms with E-state index >= 15 is 0 Å². The SMILES string of the molecule is CCOC(=O)CC(c1cc(CN2Cc3nc(O)ccc3O[C@H](CC)C2)c2sccc2c1)c1ccc2c(nnn2CC(F)(F)F)c1C. The Bertz CT molecular complexity index is 1890. The first-order valence-electron chi connectivity index (χ1n) is 15.2. The van der Waals surface area contributed by atoms with Gasteiger partial charge in [0.05, 0.1) is 18.5 Å². The van der Waals surface area contributed by atoms with Crippen molar-refractivity contribution in [2.75, 3.05) is 13.2 Å². The number of esters is 1. The van der Waals surface area contributed by atoms with Crippen LogP contribution in [0.5, 0.6) is 11.6 Å². The molecule has 9 nitrogen and oxygen atoms in total. The summed E-state index contributed by atoms with van der Waals surface area (Å²) in [7, 11) is 0. The molecule has 46 heavy (non-hydrogen) atoms. The number of ether oxygens (including phenoxy) is 2. The summed E-state index contributed by atoms with van der Waals surface area (Å²) >= 11 is 1.63. The number of nitrogens with zero attached hydrogens (tertiary/aromatic N) is 5. The maximum atomic E-state index is 13.2. The molecule has 0 saturated heterocycles. The van der Waals surface area contributed by atoms with Gasteiger partial charge in [-0.3, -0.25) is 9.69 Å². The molecule has 0 spiro atoms. The summed E-state index contributed by atoms with van der Waals surface area (Å²) in [6.45, 7) is 6.30. The van der Waals surface area contributed by atoms with Crippen molar-refractivity contribution in [3.8, 4) is 11.6 Å². The summed E-state index contributed by atoms with van der Waals surface area (Å²) in [5.74, 6) is -0.228. The van der Waals surface area contributed by atoms with E-state index in [0.717, 1.165) is 37.9 Å². The van der Waals surface area contributed by atoms with Crippen molar-refractivity contribution in [1.29, 1.82) is 0 Å². The van der Waals surface area contributed by atoms with E-state index in [-0.39, 0.29) is 36.5 Å². The summed E-state index contributed by atoms with van der Waals surface area (Å²) in [6, 6.07) is 12.9. The number of fused-ring (bicyclic) bond motifs is 3. The molecule has 242 valence electrons. The predicted octanol–water partition coefficient (Wildman–Crippen LogP) is 6.88. The largest absolute Gasteiger partial charge is 0.493 e. The summed E-state index contributed by atoms with van der Waals surface area (Å²) in [6.07, 6.45) is -3.67. The van der Waals surface area contributed by atoms with Crippen LogP contribution >= 0.6 is 11.3 Å². The van der Waals surface area contributed by atoms with Crippen LogP contribution in [0.25, 0.3) is 21.1 Å². The molecule has 6 rings (SSSR count). The molecule has 0 radical (unpaired) electrons. The average Bonchev–Trinajstić information content (AvgIpc) is 3.60. The summed E-state index contributed by atoms with van der Waals surface area (Å²) in [4.78, 5) is 19.6. The third-order valence-corrected chi connectivity index (χ3v) is 9.32. The molecule has 5 aromatic rings. The Morgan fingerprint density at radius 1 is 1.20 bits per heavy atom. The fraction of sp³-hybridized carbons (Fsp3) is 0.394. The molecular formula is C33H34F3N5O4S. The standard InChI is InChI=1S/C33H34F3N5O4S/c1-4-23-16-40(17-26-28(45-23)8-9-29(42)37-26)15-22-13-21(12-20-10-11-46-32(20)22)25(14-30(43)44-5-2)24-6-7-27-31(19(24)3)38-39-41(27)18-33(34,35)36/h6-13,23,25H,4-5,14-18H2,1-3H3,(H,37,42)/t23-,25?/m1/s1. The number of pyridine rings is 1. The summed E-state index contributed by atoms with van der Waals surface area (Å²) in [5.41, 5.74) is 4.66. The number of halogens is 3. The van der Waals surface area contributed by atoms with Gasteiger partial charge in [0.25, 0.3) is 0 Å². The molecule has 1 unspecified atom stereocenters. The second-order valence-corrected chi connectivity index (χ2v) is 12.4. The lowest BCUT2D eigenvalue weighted by Gasteiger charge is -2.25. The molecule has 0 amide bonds. The van der Waals surface area contributed by atoms with E-state index in [1.165, 1.54) is 6.07 Å². The lowest BCUT2D eigenvalue weighted by atomic mass is 9.84. The smallest absolute Gasteiger partial charge is 0.408 e. The van der Waals surface area contributed by atoms with Crippen LogP contribution in [-0.4, -0.2) is 61.4 Å². The Morgan fingerprint density at radius 2 is 2.02 bits per heavy atom. The van der Waals surface area contributed by atoms with Crippen molar-refractivity contribution in [3.63, 3.8) is 0 Å². The van der Waals surface area contributed by atoms with Crippen molar-refractivity contribution in [1.82, 2.24) is 24.9 Å². The Balaban J connectivity index is 1.41. The summed E-state index contributed by atoms with van der Waals surface area (Å²) < 4.78 is 53.1. The molecule has 1 aliphatic heterocycles. The number of rotatable bonds is 9. The van der Waals surface area contributed by atoms with Gasteiger partial charge in [-0.05, 0) is 77.6 Å². The maximum absolute atomic E-state index is 13.2. The first-order chi connectivity index (χ1) is 22.0. The second kappa shape index (κ2) is 12.9. The van der Waals surface area contributed by atoms with Gasteiger partial charge >= 0.3 is 12.1 Å². The van der Waals surface area contributed by atoms with E-state index in [9.17, 15) is 23.1 Å². The van der Waals surface area contributed by atoms with Crippen molar-refractivity contribution >= 4 is 38.4 Å². The molecule has 1 aliphatic rings. The van der Waals surface area contributed by atoms with Gasteiger partial charge in [-0.25, -0.2) is 9.67 Å². The van der Waals surface area contributed by atoms with Gasteiger partial charge in [-0.15, -0.1) is 16.4 Å². The zero-order valence-electron chi connectivity index (χ0n) is 25.7. The third-order valence-electron chi connectivity index (χ3n) is 8.31. The quantitative estimate of drug-likeness (QED) is 0.172. The Morgan fingerprint density at radius 3 is 2.78 bits per heavy atom. The number of aryl methyl sites for hydroxylation is 1. The van der Waals surface area contributed by atoms with Crippen LogP contribution < -0.4 is 4.74 Å². The van der Waals surface area contributed by atoms with E-state index in [4.69, 9.17) is 9.47 Å². The van der Waals surface area contributed by atoms with Gasteiger partial charge in [0, 0.05) is 36.3 Å². The number of alkyl halides is 3. The van der Waals surface area contributed by atoms with E-state index < -0.39 is 18.6 Å². The first kappa shape index (κ1) is 31.7. The molecule has 2 aromatic carbocycles. The number of hydrogen-bond acceptors (Lipinski definition) is 9. The topological polar surface area (TPSA) is 103 Å². The molecular weight excluding hydrogens is 619 g/mol. The van der Waals surface area contributed by atoms with Gasteiger partial charge in [-0.1, -0.05) is 24.3 Å². The highest BCUT2D eigenvalue weighted by atomic mass is 32.1. The number of carbonyl (C=O) groups is 1. The molecule has 0 bridgehead atoms. The highest BCUT2D eigenvalue weighted by Gasteiger charge is 2.31. The van der Waals surface area contributed by atoms with Gasteiger partial charge in [0.1, 0.15) is 29.6 Å². The van der Waals surface area contributed by atoms with Crippen LogP contribution in [0.1, 0.15) is 60.6 Å². The molecule has 0 saturated carbocycles. The van der Waals surface area contributed by atoms with Crippen LogP contribution in [-0.2, 0) is 29.2 Å². The third kappa shape index (κ3) is 6.66. The van der Waals surface area contributed by atoms with Gasteiger partial charge in [0.2, 0.25) is 5.88 Å². The lowest BCUT2D eigenvalue weighted by molar-refractivity contribution is -0.143. The zero-order chi connectivity index (χ0) is 32.6. The second-order valence-electron chi connectivity index (χ2n) is 11.5. The number of aromatic hydroxyl groups is 1.